The maximum absolute atomic E-state index is 13.7. The zero-order chi connectivity index (χ0) is 28.1. The molecule has 2 aliphatic rings. The average molecular weight is 570 g/mol. The number of aromatic nitrogens is 2. The quantitative estimate of drug-likeness (QED) is 0.299. The highest BCUT2D eigenvalue weighted by atomic mass is 35.5. The Morgan fingerprint density at radius 1 is 1.25 bits per heavy atom. The summed E-state index contributed by atoms with van der Waals surface area (Å²) in [4.78, 5) is 35.3. The van der Waals surface area contributed by atoms with Gasteiger partial charge in [0.25, 0.3) is 0 Å². The number of hydrogen-bond donors (Lipinski definition) is 2. The predicted molar refractivity (Wildman–Crippen MR) is 148 cm³/mol. The number of esters is 1. The van der Waals surface area contributed by atoms with Gasteiger partial charge in [0.15, 0.2) is 0 Å². The lowest BCUT2D eigenvalue weighted by Crippen LogP contribution is -2.44. The number of halogens is 2. The van der Waals surface area contributed by atoms with Crippen LogP contribution in [0.2, 0.25) is 5.02 Å². The van der Waals surface area contributed by atoms with Gasteiger partial charge in [0, 0.05) is 49.1 Å². The second kappa shape index (κ2) is 12.6. The SMILES string of the molecule is C[C@@H]1CN(CC=CC(=O)Nc2cc3c(Nc4ccc(F)c(Cl)c4)ncnc3cc2OC2CCOCC2)CC(=O)O1. The predicted octanol–water partition coefficient (Wildman–Crippen LogP) is 4.47. The van der Waals surface area contributed by atoms with Crippen LogP contribution in [0.15, 0.2) is 48.8 Å². The summed E-state index contributed by atoms with van der Waals surface area (Å²) in [5, 5.41) is 6.64. The van der Waals surface area contributed by atoms with E-state index in [4.69, 9.17) is 25.8 Å². The first-order chi connectivity index (χ1) is 19.3. The van der Waals surface area contributed by atoms with Crippen LogP contribution in [0.25, 0.3) is 10.9 Å². The summed E-state index contributed by atoms with van der Waals surface area (Å²) in [5.41, 5.74) is 1.57. The van der Waals surface area contributed by atoms with E-state index in [1.807, 2.05) is 11.8 Å². The molecule has 3 aromatic rings. The normalized spacial score (nSPS) is 18.6. The molecule has 2 aliphatic heterocycles. The highest BCUT2D eigenvalue weighted by molar-refractivity contribution is 6.31. The molecular formula is C28H29ClFN5O5. The molecule has 2 N–H and O–H groups in total. The first-order valence-electron chi connectivity index (χ1n) is 13.0. The molecule has 0 aliphatic carbocycles. The molecule has 210 valence electrons. The number of fused-ring (bicyclic) bond motifs is 1. The standard InChI is InChI=1S/C28H29ClFN5O5/c1-17-14-35(15-27(37)39-17)8-2-3-26(36)34-24-12-20-23(13-25(24)40-19-6-9-38-10-7-19)31-16-32-28(20)33-18-4-5-22(30)21(29)11-18/h2-5,11-13,16-17,19H,6-10,14-15H2,1H3,(H,34,36)(H,31,32,33)/t17-/m1/s1. The Morgan fingerprint density at radius 3 is 2.85 bits per heavy atom. The van der Waals surface area contributed by atoms with Crippen LogP contribution in [-0.2, 0) is 19.1 Å². The molecule has 5 rings (SSSR count). The fourth-order valence-corrected chi connectivity index (χ4v) is 4.78. The summed E-state index contributed by atoms with van der Waals surface area (Å²) in [6.45, 7) is 4.24. The van der Waals surface area contributed by atoms with Gasteiger partial charge in [-0.2, -0.15) is 0 Å². The van der Waals surface area contributed by atoms with Crippen molar-refractivity contribution >= 4 is 51.6 Å². The molecule has 0 bridgehead atoms. The number of ether oxygens (including phenoxy) is 3. The Labute approximate surface area is 235 Å². The highest BCUT2D eigenvalue weighted by Crippen LogP contribution is 2.35. The lowest BCUT2D eigenvalue weighted by Gasteiger charge is -2.29. The number of carbonyl (C=O) groups excluding carboxylic acids is 2. The van der Waals surface area contributed by atoms with Crippen molar-refractivity contribution in [2.75, 3.05) is 43.5 Å². The first kappa shape index (κ1) is 27.8. The maximum atomic E-state index is 13.7. The number of nitrogens with zero attached hydrogens (tertiary/aromatic N) is 3. The van der Waals surface area contributed by atoms with Crippen LogP contribution in [0.1, 0.15) is 19.8 Å². The van der Waals surface area contributed by atoms with Crippen LogP contribution in [-0.4, -0.2) is 71.8 Å². The lowest BCUT2D eigenvalue weighted by atomic mass is 10.1. The summed E-state index contributed by atoms with van der Waals surface area (Å²) in [6.07, 6.45) is 5.73. The van der Waals surface area contributed by atoms with Crippen LogP contribution in [0, 0.1) is 5.82 Å². The minimum atomic E-state index is -0.526. The van der Waals surface area contributed by atoms with E-state index < -0.39 is 5.82 Å². The number of anilines is 3. The van der Waals surface area contributed by atoms with Crippen molar-refractivity contribution in [2.24, 2.45) is 0 Å². The van der Waals surface area contributed by atoms with Crippen LogP contribution < -0.4 is 15.4 Å². The smallest absolute Gasteiger partial charge is 0.320 e. The van der Waals surface area contributed by atoms with E-state index in [9.17, 15) is 14.0 Å². The Hall–Kier alpha value is -3.80. The molecule has 0 saturated carbocycles. The Bertz CT molecular complexity index is 1430. The topological polar surface area (TPSA) is 115 Å². The van der Waals surface area contributed by atoms with Crippen LogP contribution in [0.5, 0.6) is 5.75 Å². The number of amides is 1. The van der Waals surface area contributed by atoms with Gasteiger partial charge in [-0.25, -0.2) is 14.4 Å². The van der Waals surface area contributed by atoms with E-state index in [2.05, 4.69) is 20.6 Å². The molecule has 1 aromatic heterocycles. The van der Waals surface area contributed by atoms with E-state index in [0.717, 1.165) is 12.8 Å². The molecular weight excluding hydrogens is 541 g/mol. The first-order valence-corrected chi connectivity index (χ1v) is 13.4. The Morgan fingerprint density at radius 2 is 2.08 bits per heavy atom. The van der Waals surface area contributed by atoms with Crippen LogP contribution in [0.3, 0.4) is 0 Å². The van der Waals surface area contributed by atoms with Crippen molar-refractivity contribution in [1.29, 1.82) is 0 Å². The third kappa shape index (κ3) is 7.04. The Balaban J connectivity index is 1.39. The summed E-state index contributed by atoms with van der Waals surface area (Å²) in [6, 6.07) is 7.78. The largest absolute Gasteiger partial charge is 0.488 e. The molecule has 12 heteroatoms. The van der Waals surface area contributed by atoms with E-state index in [-0.39, 0.29) is 35.7 Å². The monoisotopic (exact) mass is 569 g/mol. The average Bonchev–Trinajstić information content (AvgIpc) is 2.91. The fourth-order valence-electron chi connectivity index (χ4n) is 4.59. The minimum absolute atomic E-state index is 0.0221. The van der Waals surface area contributed by atoms with E-state index in [1.54, 1.807) is 24.3 Å². The maximum Gasteiger partial charge on any atom is 0.320 e. The van der Waals surface area contributed by atoms with Crippen molar-refractivity contribution in [3.63, 3.8) is 0 Å². The van der Waals surface area contributed by atoms with Gasteiger partial charge in [-0.1, -0.05) is 17.7 Å². The zero-order valence-electron chi connectivity index (χ0n) is 21.9. The molecule has 0 unspecified atom stereocenters. The van der Waals surface area contributed by atoms with Crippen molar-refractivity contribution < 1.29 is 28.2 Å². The van der Waals surface area contributed by atoms with Crippen molar-refractivity contribution in [1.82, 2.24) is 14.9 Å². The molecule has 40 heavy (non-hydrogen) atoms. The van der Waals surface area contributed by atoms with Gasteiger partial charge in [-0.3, -0.25) is 14.5 Å². The number of carbonyl (C=O) groups is 2. The van der Waals surface area contributed by atoms with Crippen LogP contribution >= 0.6 is 11.6 Å². The summed E-state index contributed by atoms with van der Waals surface area (Å²) in [5.74, 6) is -0.245. The third-order valence-electron chi connectivity index (χ3n) is 6.47. The van der Waals surface area contributed by atoms with Gasteiger partial charge in [0.05, 0.1) is 36.0 Å². The van der Waals surface area contributed by atoms with Gasteiger partial charge in [0.2, 0.25) is 5.91 Å². The fraction of sp³-hybridized carbons (Fsp3) is 0.357. The number of cyclic esters (lactones) is 1. The van der Waals surface area contributed by atoms with E-state index >= 15 is 0 Å². The van der Waals surface area contributed by atoms with Gasteiger partial charge in [0.1, 0.15) is 35.9 Å². The van der Waals surface area contributed by atoms with Crippen molar-refractivity contribution in [2.45, 2.75) is 32.0 Å². The molecule has 10 nitrogen and oxygen atoms in total. The second-order valence-electron chi connectivity index (χ2n) is 9.66. The second-order valence-corrected chi connectivity index (χ2v) is 10.1. The van der Waals surface area contributed by atoms with Gasteiger partial charge >= 0.3 is 5.97 Å². The summed E-state index contributed by atoms with van der Waals surface area (Å²) >= 11 is 5.95. The van der Waals surface area contributed by atoms with Crippen LogP contribution in [0.4, 0.5) is 21.6 Å². The molecule has 3 heterocycles. The van der Waals surface area contributed by atoms with Crippen molar-refractivity contribution in [3.8, 4) is 5.75 Å². The number of nitrogens with one attached hydrogen (secondary N) is 2. The van der Waals surface area contributed by atoms with E-state index in [1.165, 1.54) is 24.5 Å². The number of hydrogen-bond acceptors (Lipinski definition) is 9. The minimum Gasteiger partial charge on any atom is -0.488 e. The van der Waals surface area contributed by atoms with E-state index in [0.29, 0.717) is 60.1 Å². The molecule has 1 atom stereocenters. The van der Waals surface area contributed by atoms with Gasteiger partial charge < -0.3 is 24.8 Å². The third-order valence-corrected chi connectivity index (χ3v) is 6.76. The van der Waals surface area contributed by atoms with Gasteiger partial charge in [-0.05, 0) is 31.2 Å². The number of benzene rings is 2. The molecule has 2 fully saturated rings. The highest BCUT2D eigenvalue weighted by Gasteiger charge is 2.23. The molecule has 0 radical (unpaired) electrons. The molecule has 0 spiro atoms. The summed E-state index contributed by atoms with van der Waals surface area (Å²) < 4.78 is 30.5. The lowest BCUT2D eigenvalue weighted by molar-refractivity contribution is -0.156. The van der Waals surface area contributed by atoms with Gasteiger partial charge in [-0.15, -0.1) is 0 Å². The number of morpholine rings is 1. The number of rotatable bonds is 8. The molecule has 1 amide bonds. The zero-order valence-corrected chi connectivity index (χ0v) is 22.6. The Kier molecular flexibility index (Phi) is 8.73. The molecule has 2 saturated heterocycles. The molecule has 2 aromatic carbocycles. The van der Waals surface area contributed by atoms with Crippen molar-refractivity contribution in [3.05, 3.63) is 59.7 Å². The summed E-state index contributed by atoms with van der Waals surface area (Å²) in [7, 11) is 0.